The van der Waals surface area contributed by atoms with Crippen molar-refractivity contribution < 1.29 is 19.0 Å². The molecule has 0 bridgehead atoms. The molecule has 1 aromatic heterocycles. The summed E-state index contributed by atoms with van der Waals surface area (Å²) in [5, 5.41) is 10.9. The molecule has 0 saturated heterocycles. The number of hydrogen-bond acceptors (Lipinski definition) is 5. The number of aromatic hydroxyl groups is 1. The van der Waals surface area contributed by atoms with E-state index in [9.17, 15) is 9.90 Å². The highest BCUT2D eigenvalue weighted by atomic mass is 16.5. The Morgan fingerprint density at radius 1 is 0.706 bits per heavy atom. The summed E-state index contributed by atoms with van der Waals surface area (Å²) < 4.78 is 17.2. The van der Waals surface area contributed by atoms with Crippen LogP contribution in [0.15, 0.2) is 27.4 Å². The third-order valence-electron chi connectivity index (χ3n) is 6.33. The Bertz CT molecular complexity index is 857. The Hall–Kier alpha value is -2.17. The van der Waals surface area contributed by atoms with E-state index >= 15 is 0 Å². The normalized spacial score (nSPS) is 11.2. The van der Waals surface area contributed by atoms with Gasteiger partial charge >= 0.3 is 5.63 Å². The van der Waals surface area contributed by atoms with Gasteiger partial charge in [0.25, 0.3) is 0 Å². The first-order chi connectivity index (χ1) is 16.7. The molecule has 0 amide bonds. The van der Waals surface area contributed by atoms with Crippen LogP contribution in [-0.2, 0) is 0 Å². The Morgan fingerprint density at radius 2 is 1.21 bits per heavy atom. The third-order valence-corrected chi connectivity index (χ3v) is 6.33. The molecule has 0 aliphatic rings. The number of hydrogen-bond donors (Lipinski definition) is 1. The smallest absolute Gasteiger partial charge is 0.382 e. The quantitative estimate of drug-likeness (QED) is 0.154. The van der Waals surface area contributed by atoms with E-state index < -0.39 is 11.4 Å². The SMILES string of the molecule is CCCCCCCCCCOc1cccc2oc(=O)c(O)c(OCCCCCCCCCC)c12. The van der Waals surface area contributed by atoms with Gasteiger partial charge < -0.3 is 19.0 Å². The zero-order valence-corrected chi connectivity index (χ0v) is 21.5. The molecule has 1 N–H and O–H groups in total. The predicted octanol–water partition coefficient (Wildman–Crippen LogP) is 8.54. The van der Waals surface area contributed by atoms with Gasteiger partial charge in [-0.25, -0.2) is 4.79 Å². The molecule has 1 heterocycles. The number of unbranched alkanes of at least 4 members (excludes halogenated alkanes) is 14. The third kappa shape index (κ3) is 9.99. The summed E-state index contributed by atoms with van der Waals surface area (Å²) in [6.07, 6.45) is 19.5. The van der Waals surface area contributed by atoms with E-state index in [4.69, 9.17) is 13.9 Å². The summed E-state index contributed by atoms with van der Waals surface area (Å²) >= 11 is 0. The topological polar surface area (TPSA) is 68.9 Å². The van der Waals surface area contributed by atoms with E-state index in [1.54, 1.807) is 12.1 Å². The van der Waals surface area contributed by atoms with E-state index in [1.807, 2.05) is 6.07 Å². The van der Waals surface area contributed by atoms with Crippen molar-refractivity contribution in [3.05, 3.63) is 28.6 Å². The lowest BCUT2D eigenvalue weighted by atomic mass is 10.1. The molecule has 34 heavy (non-hydrogen) atoms. The highest BCUT2D eigenvalue weighted by Gasteiger charge is 2.19. The number of ether oxygens (including phenoxy) is 2. The van der Waals surface area contributed by atoms with Crippen molar-refractivity contribution in [2.75, 3.05) is 13.2 Å². The minimum atomic E-state index is -0.779. The van der Waals surface area contributed by atoms with E-state index in [0.29, 0.717) is 29.9 Å². The van der Waals surface area contributed by atoms with Gasteiger partial charge in [-0.2, -0.15) is 0 Å². The van der Waals surface area contributed by atoms with E-state index in [-0.39, 0.29) is 5.75 Å². The monoisotopic (exact) mass is 474 g/mol. The van der Waals surface area contributed by atoms with Crippen LogP contribution in [-0.4, -0.2) is 18.3 Å². The molecular formula is C29H46O5. The standard InChI is InChI=1S/C29H46O5/c1-3-5-7-9-11-13-15-17-22-32-24-20-19-21-25-26(24)28(27(30)29(31)34-25)33-23-18-16-14-12-10-8-6-4-2/h19-21,30H,3-18,22-23H2,1-2H3. The number of rotatable bonds is 20. The number of fused-ring (bicyclic) bond motifs is 1. The maximum absolute atomic E-state index is 12.1. The molecule has 0 spiro atoms. The van der Waals surface area contributed by atoms with Crippen LogP contribution in [0.2, 0.25) is 0 Å². The second-order valence-corrected chi connectivity index (χ2v) is 9.34. The molecule has 0 aliphatic heterocycles. The van der Waals surface area contributed by atoms with Crippen molar-refractivity contribution >= 4 is 11.0 Å². The Labute approximate surface area is 205 Å². The highest BCUT2D eigenvalue weighted by molar-refractivity contribution is 5.91. The summed E-state index contributed by atoms with van der Waals surface area (Å²) in [6, 6.07) is 5.35. The second kappa shape index (κ2) is 17.3. The fourth-order valence-electron chi connectivity index (χ4n) is 4.27. The van der Waals surface area contributed by atoms with Gasteiger partial charge in [0, 0.05) is 0 Å². The van der Waals surface area contributed by atoms with Gasteiger partial charge in [0.05, 0.1) is 13.2 Å². The van der Waals surface area contributed by atoms with Crippen LogP contribution in [0, 0.1) is 0 Å². The summed E-state index contributed by atoms with van der Waals surface area (Å²) in [4.78, 5) is 12.1. The van der Waals surface area contributed by atoms with E-state index in [2.05, 4.69) is 13.8 Å². The first-order valence-electron chi connectivity index (χ1n) is 13.7. The van der Waals surface area contributed by atoms with Crippen molar-refractivity contribution in [1.82, 2.24) is 0 Å². The molecule has 0 fully saturated rings. The zero-order valence-electron chi connectivity index (χ0n) is 21.5. The predicted molar refractivity (Wildman–Crippen MR) is 140 cm³/mol. The van der Waals surface area contributed by atoms with Crippen LogP contribution in [0.3, 0.4) is 0 Å². The average molecular weight is 475 g/mol. The lowest BCUT2D eigenvalue weighted by molar-refractivity contribution is 0.280. The van der Waals surface area contributed by atoms with Crippen molar-refractivity contribution in [3.63, 3.8) is 0 Å². The van der Waals surface area contributed by atoms with Crippen molar-refractivity contribution in [2.45, 2.75) is 117 Å². The molecule has 0 aliphatic carbocycles. The molecule has 192 valence electrons. The number of benzene rings is 1. The molecule has 0 radical (unpaired) electrons. The van der Waals surface area contributed by atoms with Crippen molar-refractivity contribution in [3.8, 4) is 17.2 Å². The van der Waals surface area contributed by atoms with Crippen molar-refractivity contribution in [1.29, 1.82) is 0 Å². The van der Waals surface area contributed by atoms with Gasteiger partial charge in [-0.05, 0) is 25.0 Å². The summed E-state index contributed by atoms with van der Waals surface area (Å²) in [5.74, 6) is 0.293. The van der Waals surface area contributed by atoms with Gasteiger partial charge in [-0.3, -0.25) is 0 Å². The average Bonchev–Trinajstić information content (AvgIpc) is 2.84. The van der Waals surface area contributed by atoms with Gasteiger partial charge in [0.15, 0.2) is 5.75 Å². The maximum Gasteiger partial charge on any atom is 0.382 e. The van der Waals surface area contributed by atoms with Crippen LogP contribution in [0.5, 0.6) is 17.2 Å². The maximum atomic E-state index is 12.1. The molecule has 0 unspecified atom stereocenters. The molecule has 0 saturated carbocycles. The van der Waals surface area contributed by atoms with Crippen LogP contribution in [0.4, 0.5) is 0 Å². The van der Waals surface area contributed by atoms with E-state index in [1.165, 1.54) is 77.0 Å². The van der Waals surface area contributed by atoms with Gasteiger partial charge in [0.2, 0.25) is 5.75 Å². The Balaban J connectivity index is 1.86. The summed E-state index contributed by atoms with van der Waals surface area (Å²) in [7, 11) is 0. The minimum Gasteiger partial charge on any atom is -0.499 e. The molecule has 1 aromatic carbocycles. The van der Waals surface area contributed by atoms with E-state index in [0.717, 1.165) is 25.7 Å². The Morgan fingerprint density at radius 3 is 1.76 bits per heavy atom. The van der Waals surface area contributed by atoms with Gasteiger partial charge in [-0.1, -0.05) is 110 Å². The first kappa shape index (κ1) is 28.1. The van der Waals surface area contributed by atoms with Crippen LogP contribution in [0.1, 0.15) is 117 Å². The van der Waals surface area contributed by atoms with Crippen LogP contribution in [0.25, 0.3) is 11.0 Å². The Kier molecular flexibility index (Phi) is 14.3. The molecule has 2 aromatic rings. The summed E-state index contributed by atoms with van der Waals surface area (Å²) in [6.45, 7) is 5.51. The lowest BCUT2D eigenvalue weighted by Crippen LogP contribution is -2.06. The molecule has 5 heteroatoms. The van der Waals surface area contributed by atoms with Gasteiger partial charge in [-0.15, -0.1) is 0 Å². The van der Waals surface area contributed by atoms with Crippen LogP contribution >= 0.6 is 0 Å². The highest BCUT2D eigenvalue weighted by Crippen LogP contribution is 2.38. The molecule has 0 atom stereocenters. The molecule has 5 nitrogen and oxygen atoms in total. The molecular weight excluding hydrogens is 428 g/mol. The second-order valence-electron chi connectivity index (χ2n) is 9.34. The fraction of sp³-hybridized carbons (Fsp3) is 0.690. The first-order valence-corrected chi connectivity index (χ1v) is 13.7. The van der Waals surface area contributed by atoms with Crippen LogP contribution < -0.4 is 15.1 Å². The largest absolute Gasteiger partial charge is 0.499 e. The zero-order chi connectivity index (χ0) is 24.4. The van der Waals surface area contributed by atoms with Gasteiger partial charge in [0.1, 0.15) is 16.7 Å². The minimum absolute atomic E-state index is 0.181. The van der Waals surface area contributed by atoms with Crippen molar-refractivity contribution in [2.24, 2.45) is 0 Å². The molecule has 2 rings (SSSR count). The fourth-order valence-corrected chi connectivity index (χ4v) is 4.27. The lowest BCUT2D eigenvalue weighted by Gasteiger charge is -2.14. The summed E-state index contributed by atoms with van der Waals surface area (Å²) in [5.41, 5.74) is -0.402.